The Hall–Kier alpha value is -1.95. The molecule has 1 unspecified atom stereocenters. The normalized spacial score (nSPS) is 17.8. The third-order valence-electron chi connectivity index (χ3n) is 3.85. The average Bonchev–Trinajstić information content (AvgIpc) is 3.09. The largest absolute Gasteiger partial charge is 0.427 e. The van der Waals surface area contributed by atoms with Crippen LogP contribution >= 0.6 is 27.3 Å². The van der Waals surface area contributed by atoms with Crippen LogP contribution in [0.5, 0.6) is 0 Å². The Bertz CT molecular complexity index is 958. The van der Waals surface area contributed by atoms with Gasteiger partial charge in [0.05, 0.1) is 0 Å². The number of thiophene rings is 1. The fourth-order valence-electron chi connectivity index (χ4n) is 2.76. The monoisotopic (exact) mass is 386 g/mol. The van der Waals surface area contributed by atoms with E-state index in [0.29, 0.717) is 5.57 Å². The van der Waals surface area contributed by atoms with Crippen LogP contribution in [0.4, 0.5) is 0 Å². The molecule has 0 spiro atoms. The zero-order chi connectivity index (χ0) is 16.0. The zero-order valence-corrected chi connectivity index (χ0v) is 14.2. The van der Waals surface area contributed by atoms with Gasteiger partial charge in [0.15, 0.2) is 0 Å². The number of fused-ring (bicyclic) bond motifs is 1. The summed E-state index contributed by atoms with van der Waals surface area (Å²) < 4.78 is 6.34. The van der Waals surface area contributed by atoms with E-state index in [1.807, 2.05) is 36.4 Å². The lowest BCUT2D eigenvalue weighted by molar-refractivity contribution is -0.149. The van der Waals surface area contributed by atoms with Crippen LogP contribution in [0, 0.1) is 0 Å². The Morgan fingerprint density at radius 3 is 2.65 bits per heavy atom. The molecule has 0 aliphatic carbocycles. The summed E-state index contributed by atoms with van der Waals surface area (Å²) in [7, 11) is 0. The van der Waals surface area contributed by atoms with Crippen molar-refractivity contribution in [2.75, 3.05) is 0 Å². The van der Waals surface area contributed by atoms with Crippen LogP contribution in [0.2, 0.25) is 0 Å². The maximum Gasteiger partial charge on any atom is 0.348 e. The Balaban J connectivity index is 1.86. The molecule has 0 radical (unpaired) electrons. The highest BCUT2D eigenvalue weighted by molar-refractivity contribution is 9.12. The Labute approximate surface area is 145 Å². The fraction of sp³-hybridized carbons (Fsp3) is 0.0556. The van der Waals surface area contributed by atoms with Gasteiger partial charge in [-0.1, -0.05) is 36.4 Å². The van der Waals surface area contributed by atoms with Gasteiger partial charge in [0, 0.05) is 21.2 Å². The molecule has 1 N–H and O–H groups in total. The van der Waals surface area contributed by atoms with Gasteiger partial charge in [0.2, 0.25) is 6.29 Å². The molecule has 0 saturated carbocycles. The molecule has 4 rings (SSSR count). The summed E-state index contributed by atoms with van der Waals surface area (Å²) in [5, 5.41) is 13.3. The molecule has 3 aromatic rings. The van der Waals surface area contributed by atoms with Gasteiger partial charge in [0.25, 0.3) is 0 Å². The van der Waals surface area contributed by atoms with Crippen molar-refractivity contribution in [3.63, 3.8) is 0 Å². The van der Waals surface area contributed by atoms with Crippen molar-refractivity contribution in [1.82, 2.24) is 0 Å². The second-order valence-corrected chi connectivity index (χ2v) is 6.92. The van der Waals surface area contributed by atoms with E-state index in [4.69, 9.17) is 4.74 Å². The zero-order valence-electron chi connectivity index (χ0n) is 11.8. The molecule has 1 atom stereocenters. The van der Waals surface area contributed by atoms with Gasteiger partial charge < -0.3 is 9.84 Å². The number of rotatable bonds is 2. The summed E-state index contributed by atoms with van der Waals surface area (Å²) in [6, 6.07) is 16.0. The summed E-state index contributed by atoms with van der Waals surface area (Å²) in [6.07, 6.45) is -1.23. The summed E-state index contributed by atoms with van der Waals surface area (Å²) >= 11 is 4.91. The lowest BCUT2D eigenvalue weighted by Crippen LogP contribution is -2.09. The number of hydrogen-bond acceptors (Lipinski definition) is 4. The first-order valence-corrected chi connectivity index (χ1v) is 8.68. The number of esters is 1. The van der Waals surface area contributed by atoms with Gasteiger partial charge in [-0.25, -0.2) is 4.79 Å². The number of carbonyl (C=O) groups excluding carboxylic acids is 1. The molecule has 0 saturated heterocycles. The number of hydrogen-bond donors (Lipinski definition) is 1. The van der Waals surface area contributed by atoms with E-state index in [1.165, 1.54) is 10.1 Å². The van der Waals surface area contributed by atoms with E-state index in [-0.39, 0.29) is 4.48 Å². The van der Waals surface area contributed by atoms with Gasteiger partial charge in [0.1, 0.15) is 4.48 Å². The maximum absolute atomic E-state index is 11.6. The number of cyclic esters (lactones) is 1. The lowest BCUT2D eigenvalue weighted by atomic mass is 9.98. The van der Waals surface area contributed by atoms with Crippen molar-refractivity contribution < 1.29 is 14.6 Å². The highest BCUT2D eigenvalue weighted by Crippen LogP contribution is 2.38. The Morgan fingerprint density at radius 2 is 1.87 bits per heavy atom. The molecular weight excluding hydrogens is 376 g/mol. The molecule has 1 aliphatic heterocycles. The lowest BCUT2D eigenvalue weighted by Gasteiger charge is -2.09. The molecule has 3 nitrogen and oxygen atoms in total. The Morgan fingerprint density at radius 1 is 1.09 bits per heavy atom. The minimum absolute atomic E-state index is 0.275. The van der Waals surface area contributed by atoms with Crippen molar-refractivity contribution >= 4 is 48.9 Å². The van der Waals surface area contributed by atoms with Crippen LogP contribution < -0.4 is 0 Å². The van der Waals surface area contributed by atoms with Gasteiger partial charge in [-0.05, 0) is 44.6 Å². The molecule has 23 heavy (non-hydrogen) atoms. The van der Waals surface area contributed by atoms with Crippen LogP contribution in [0.15, 0.2) is 58.4 Å². The first-order chi connectivity index (χ1) is 11.1. The van der Waals surface area contributed by atoms with E-state index in [0.717, 1.165) is 16.7 Å². The molecule has 2 aromatic carbocycles. The van der Waals surface area contributed by atoms with Gasteiger partial charge in [-0.2, -0.15) is 0 Å². The third kappa shape index (κ3) is 2.41. The van der Waals surface area contributed by atoms with E-state index in [2.05, 4.69) is 33.4 Å². The second-order valence-electron chi connectivity index (χ2n) is 5.21. The van der Waals surface area contributed by atoms with E-state index in [1.54, 1.807) is 11.3 Å². The van der Waals surface area contributed by atoms with Gasteiger partial charge in [-0.15, -0.1) is 11.3 Å². The number of halogens is 1. The highest BCUT2D eigenvalue weighted by Gasteiger charge is 2.32. The fourth-order valence-corrected chi connectivity index (χ4v) is 4.24. The van der Waals surface area contributed by atoms with E-state index >= 15 is 0 Å². The number of carbonyl (C=O) groups is 1. The summed E-state index contributed by atoms with van der Waals surface area (Å²) in [6.45, 7) is 0. The third-order valence-corrected chi connectivity index (χ3v) is 5.56. The number of benzene rings is 2. The van der Waals surface area contributed by atoms with Crippen LogP contribution in [0.3, 0.4) is 0 Å². The van der Waals surface area contributed by atoms with E-state index in [9.17, 15) is 9.90 Å². The molecule has 1 aliphatic rings. The first-order valence-electron chi connectivity index (χ1n) is 7.01. The molecular formula is C18H11BrO3S. The molecule has 0 fully saturated rings. The molecule has 114 valence electrons. The number of aliphatic hydroxyl groups excluding tert-OH is 1. The Kier molecular flexibility index (Phi) is 3.56. The predicted octanol–water partition coefficient (Wildman–Crippen LogP) is 4.55. The van der Waals surface area contributed by atoms with Crippen molar-refractivity contribution in [2.45, 2.75) is 6.29 Å². The van der Waals surface area contributed by atoms with Crippen molar-refractivity contribution in [3.05, 3.63) is 64.0 Å². The minimum Gasteiger partial charge on any atom is -0.427 e. The van der Waals surface area contributed by atoms with Gasteiger partial charge in [-0.3, -0.25) is 0 Å². The average molecular weight is 387 g/mol. The van der Waals surface area contributed by atoms with Crippen LogP contribution in [0.25, 0.3) is 26.8 Å². The van der Waals surface area contributed by atoms with Crippen LogP contribution in [0.1, 0.15) is 5.56 Å². The quantitative estimate of drug-likeness (QED) is 0.657. The second kappa shape index (κ2) is 5.60. The highest BCUT2D eigenvalue weighted by atomic mass is 79.9. The summed E-state index contributed by atoms with van der Waals surface area (Å²) in [5.74, 6) is -0.543. The van der Waals surface area contributed by atoms with Crippen LogP contribution in [-0.4, -0.2) is 17.4 Å². The summed E-state index contributed by atoms with van der Waals surface area (Å²) in [5.41, 5.74) is 3.42. The predicted molar refractivity (Wildman–Crippen MR) is 95.2 cm³/mol. The standard InChI is InChI=1S/C18H11BrO3S/c19-16-15(17(20)22-18(16)21)11-5-3-4-10(8-11)13-9-23-14-7-2-1-6-12(13)14/h1-9,17,20H. The minimum atomic E-state index is -1.23. The number of ether oxygens (including phenoxy) is 1. The SMILES string of the molecule is O=C1OC(O)C(c2cccc(-c3csc4ccccc34)c2)=C1Br. The molecule has 0 bridgehead atoms. The smallest absolute Gasteiger partial charge is 0.348 e. The molecule has 1 aromatic heterocycles. The first kappa shape index (κ1) is 14.6. The van der Waals surface area contributed by atoms with Crippen molar-refractivity contribution in [1.29, 1.82) is 0 Å². The maximum atomic E-state index is 11.6. The van der Waals surface area contributed by atoms with E-state index < -0.39 is 12.3 Å². The van der Waals surface area contributed by atoms with Crippen molar-refractivity contribution in [2.24, 2.45) is 0 Å². The van der Waals surface area contributed by atoms with Gasteiger partial charge >= 0.3 is 5.97 Å². The topological polar surface area (TPSA) is 46.5 Å². The van der Waals surface area contributed by atoms with Crippen LogP contribution in [-0.2, 0) is 9.53 Å². The summed E-state index contributed by atoms with van der Waals surface area (Å²) in [4.78, 5) is 11.6. The number of aliphatic hydroxyl groups is 1. The van der Waals surface area contributed by atoms with Crippen molar-refractivity contribution in [3.8, 4) is 11.1 Å². The molecule has 0 amide bonds. The molecule has 2 heterocycles. The molecule has 5 heteroatoms.